The average molecular weight is 368 g/mol. The highest BCUT2D eigenvalue weighted by Crippen LogP contribution is 2.21. The van der Waals surface area contributed by atoms with E-state index in [9.17, 15) is 0 Å². The zero-order chi connectivity index (χ0) is 18.2. The fraction of sp³-hybridized carbons (Fsp3) is 0.778. The van der Waals surface area contributed by atoms with E-state index < -0.39 is 0 Å². The summed E-state index contributed by atoms with van der Waals surface area (Å²) in [6.45, 7) is 9.66. The molecular weight excluding hydrogens is 334 g/mol. The summed E-state index contributed by atoms with van der Waals surface area (Å²) in [6.07, 6.45) is 2.56. The first-order chi connectivity index (χ1) is 12.1. The first-order valence-electron chi connectivity index (χ1n) is 9.18. The number of nitrogens with one attached hydrogen (secondary N) is 1. The van der Waals surface area contributed by atoms with E-state index in [1.54, 1.807) is 18.4 Å². The molecule has 0 radical (unpaired) electrons. The van der Waals surface area contributed by atoms with Gasteiger partial charge in [0.25, 0.3) is 0 Å². The van der Waals surface area contributed by atoms with Crippen LogP contribution in [0.3, 0.4) is 0 Å². The second kappa shape index (κ2) is 10.1. The molecule has 1 aromatic rings. The van der Waals surface area contributed by atoms with Gasteiger partial charge in [0.15, 0.2) is 5.96 Å². The molecule has 1 aromatic heterocycles. The molecule has 1 N–H and O–H groups in total. The van der Waals surface area contributed by atoms with E-state index in [1.165, 1.54) is 32.5 Å². The van der Waals surface area contributed by atoms with Crippen molar-refractivity contribution in [2.75, 3.05) is 47.4 Å². The fourth-order valence-corrected chi connectivity index (χ4v) is 4.06. The van der Waals surface area contributed by atoms with Gasteiger partial charge in [0.05, 0.1) is 12.2 Å². The van der Waals surface area contributed by atoms with Crippen molar-refractivity contribution in [1.29, 1.82) is 0 Å². The highest BCUT2D eigenvalue weighted by atomic mass is 32.1. The summed E-state index contributed by atoms with van der Waals surface area (Å²) in [7, 11) is 5.62. The lowest BCUT2D eigenvalue weighted by Crippen LogP contribution is -2.41. The number of likely N-dealkylation sites (tertiary alicyclic amines) is 1. The van der Waals surface area contributed by atoms with Crippen molar-refractivity contribution < 1.29 is 4.74 Å². The van der Waals surface area contributed by atoms with Gasteiger partial charge in [0.1, 0.15) is 11.1 Å². The minimum Gasteiger partial charge on any atom is -0.375 e. The number of hydrogen-bond acceptors (Lipinski definition) is 5. The SMILES string of the molecule is CCCN1CCC(CNC(=NC)N(C)Cc2csc(C(C)OC)n2)C1. The summed E-state index contributed by atoms with van der Waals surface area (Å²) in [6, 6.07) is 0. The lowest BCUT2D eigenvalue weighted by Gasteiger charge is -2.23. The van der Waals surface area contributed by atoms with Crippen molar-refractivity contribution in [2.45, 2.75) is 39.3 Å². The molecule has 2 rings (SSSR count). The van der Waals surface area contributed by atoms with Crippen LogP contribution in [0.15, 0.2) is 10.4 Å². The molecule has 2 atom stereocenters. The van der Waals surface area contributed by atoms with Crippen molar-refractivity contribution in [3.8, 4) is 0 Å². The Morgan fingerprint density at radius 2 is 2.40 bits per heavy atom. The third kappa shape index (κ3) is 5.94. The third-order valence-electron chi connectivity index (χ3n) is 4.70. The number of guanidine groups is 1. The largest absolute Gasteiger partial charge is 0.375 e. The number of aromatic nitrogens is 1. The van der Waals surface area contributed by atoms with Crippen molar-refractivity contribution in [2.24, 2.45) is 10.9 Å². The highest BCUT2D eigenvalue weighted by Gasteiger charge is 2.22. The maximum absolute atomic E-state index is 5.34. The molecule has 1 fully saturated rings. The third-order valence-corrected chi connectivity index (χ3v) is 5.76. The molecule has 6 nitrogen and oxygen atoms in total. The number of aliphatic imine (C=N–C) groups is 1. The number of rotatable bonds is 8. The van der Waals surface area contributed by atoms with E-state index >= 15 is 0 Å². The number of nitrogens with zero attached hydrogens (tertiary/aromatic N) is 4. The van der Waals surface area contributed by atoms with Gasteiger partial charge in [-0.15, -0.1) is 11.3 Å². The molecule has 0 aromatic carbocycles. The van der Waals surface area contributed by atoms with Crippen LogP contribution in [0.4, 0.5) is 0 Å². The zero-order valence-electron chi connectivity index (χ0n) is 16.3. The Bertz CT molecular complexity index is 547. The lowest BCUT2D eigenvalue weighted by molar-refractivity contribution is 0.119. The van der Waals surface area contributed by atoms with Crippen LogP contribution in [0.2, 0.25) is 0 Å². The van der Waals surface area contributed by atoms with E-state index in [2.05, 4.69) is 44.4 Å². The molecule has 2 heterocycles. The molecular formula is C18H33N5OS. The molecule has 2 unspecified atom stereocenters. The van der Waals surface area contributed by atoms with Crippen LogP contribution in [-0.4, -0.2) is 68.1 Å². The Balaban J connectivity index is 1.81. The van der Waals surface area contributed by atoms with Crippen LogP contribution in [0, 0.1) is 5.92 Å². The maximum Gasteiger partial charge on any atom is 0.193 e. The minimum absolute atomic E-state index is 0.0509. The van der Waals surface area contributed by atoms with Crippen LogP contribution in [0.1, 0.15) is 43.5 Å². The summed E-state index contributed by atoms with van der Waals surface area (Å²) in [4.78, 5) is 13.8. The van der Waals surface area contributed by atoms with Gasteiger partial charge in [-0.3, -0.25) is 4.99 Å². The van der Waals surface area contributed by atoms with E-state index in [4.69, 9.17) is 4.74 Å². The monoisotopic (exact) mass is 367 g/mol. The van der Waals surface area contributed by atoms with Gasteiger partial charge < -0.3 is 19.9 Å². The lowest BCUT2D eigenvalue weighted by atomic mass is 10.1. The Morgan fingerprint density at radius 3 is 3.08 bits per heavy atom. The number of ether oxygens (including phenoxy) is 1. The van der Waals surface area contributed by atoms with Gasteiger partial charge in [-0.1, -0.05) is 6.92 Å². The molecule has 0 saturated carbocycles. The summed E-state index contributed by atoms with van der Waals surface area (Å²) in [5.41, 5.74) is 1.06. The highest BCUT2D eigenvalue weighted by molar-refractivity contribution is 7.09. The van der Waals surface area contributed by atoms with Crippen molar-refractivity contribution >= 4 is 17.3 Å². The van der Waals surface area contributed by atoms with E-state index in [0.717, 1.165) is 29.8 Å². The van der Waals surface area contributed by atoms with Crippen molar-refractivity contribution in [1.82, 2.24) is 20.1 Å². The minimum atomic E-state index is 0.0509. The molecule has 0 bridgehead atoms. The van der Waals surface area contributed by atoms with Crippen LogP contribution in [0.25, 0.3) is 0 Å². The first kappa shape index (κ1) is 20.1. The van der Waals surface area contributed by atoms with Crippen LogP contribution in [0.5, 0.6) is 0 Å². The first-order valence-corrected chi connectivity index (χ1v) is 10.1. The average Bonchev–Trinajstić information content (AvgIpc) is 3.25. The number of methoxy groups -OCH3 is 1. The summed E-state index contributed by atoms with van der Waals surface area (Å²) in [5, 5.41) is 6.66. The van der Waals surface area contributed by atoms with Gasteiger partial charge in [-0.05, 0) is 38.8 Å². The van der Waals surface area contributed by atoms with Gasteiger partial charge in [0, 0.05) is 39.7 Å². The van der Waals surface area contributed by atoms with Crippen LogP contribution in [-0.2, 0) is 11.3 Å². The molecule has 1 saturated heterocycles. The number of hydrogen-bond donors (Lipinski definition) is 1. The van der Waals surface area contributed by atoms with E-state index in [-0.39, 0.29) is 6.10 Å². The molecule has 142 valence electrons. The fourth-order valence-electron chi connectivity index (χ4n) is 3.22. The predicted molar refractivity (Wildman–Crippen MR) is 105 cm³/mol. The zero-order valence-corrected chi connectivity index (χ0v) is 17.1. The van der Waals surface area contributed by atoms with Crippen LogP contribution < -0.4 is 5.32 Å². The smallest absolute Gasteiger partial charge is 0.193 e. The quantitative estimate of drug-likeness (QED) is 0.565. The Kier molecular flexibility index (Phi) is 8.12. The van der Waals surface area contributed by atoms with E-state index in [0.29, 0.717) is 5.92 Å². The standard InChI is InChI=1S/C18H33N5OS/c1-6-8-23-9-7-15(11-23)10-20-18(19-3)22(4)12-16-13-25-17(21-16)14(2)24-5/h13-15H,6-12H2,1-5H3,(H,19,20). The Morgan fingerprint density at radius 1 is 1.60 bits per heavy atom. The molecule has 0 aliphatic carbocycles. The molecule has 25 heavy (non-hydrogen) atoms. The molecule has 7 heteroatoms. The number of thiazole rings is 1. The topological polar surface area (TPSA) is 53.0 Å². The van der Waals surface area contributed by atoms with Crippen molar-refractivity contribution in [3.05, 3.63) is 16.1 Å². The molecule has 0 amide bonds. The van der Waals surface area contributed by atoms with Gasteiger partial charge in [0.2, 0.25) is 0 Å². The maximum atomic E-state index is 5.34. The van der Waals surface area contributed by atoms with E-state index in [1.807, 2.05) is 14.0 Å². The van der Waals surface area contributed by atoms with Gasteiger partial charge >= 0.3 is 0 Å². The molecule has 1 aliphatic heterocycles. The second-order valence-corrected chi connectivity index (χ2v) is 7.68. The van der Waals surface area contributed by atoms with Crippen LogP contribution >= 0.6 is 11.3 Å². The van der Waals surface area contributed by atoms with Gasteiger partial charge in [-0.2, -0.15) is 0 Å². The molecule has 0 spiro atoms. The summed E-state index contributed by atoms with van der Waals surface area (Å²) < 4.78 is 5.34. The van der Waals surface area contributed by atoms with Gasteiger partial charge in [-0.25, -0.2) is 4.98 Å². The Hall–Kier alpha value is -1.18. The molecule has 1 aliphatic rings. The normalized spacial score (nSPS) is 20.0. The second-order valence-electron chi connectivity index (χ2n) is 6.79. The summed E-state index contributed by atoms with van der Waals surface area (Å²) in [5.74, 6) is 1.65. The predicted octanol–water partition coefficient (Wildman–Crippen LogP) is 2.59. The van der Waals surface area contributed by atoms with Crippen molar-refractivity contribution in [3.63, 3.8) is 0 Å². The summed E-state index contributed by atoms with van der Waals surface area (Å²) >= 11 is 1.65. The Labute approximate surface area is 156 Å².